The first kappa shape index (κ1) is 31.5. The highest BCUT2D eigenvalue weighted by atomic mass is 16.3. The van der Waals surface area contributed by atoms with Gasteiger partial charge in [0.2, 0.25) is 0 Å². The Morgan fingerprint density at radius 3 is 1.82 bits per heavy atom. The number of aromatic nitrogens is 5. The third kappa shape index (κ3) is 4.92. The van der Waals surface area contributed by atoms with Crippen molar-refractivity contribution in [3.05, 3.63) is 176 Å². The minimum absolute atomic E-state index is 0.541. The molecule has 12 aromatic rings. The Bertz CT molecular complexity index is 3500. The lowest BCUT2D eigenvalue weighted by Crippen LogP contribution is -2.02. The monoisotopic (exact) mass is 731 g/mol. The molecule has 0 aliphatic carbocycles. The smallest absolute Gasteiger partial charge is 0.164 e. The molecule has 0 aliphatic heterocycles. The summed E-state index contributed by atoms with van der Waals surface area (Å²) in [4.78, 5) is 20.0. The molecular weight excluding hydrogens is 703 g/mol. The van der Waals surface area contributed by atoms with E-state index in [0.717, 1.165) is 88.4 Å². The molecule has 0 N–H and O–H groups in total. The average molecular weight is 732 g/mol. The number of nitrogens with zero attached hydrogens (tertiary/aromatic N) is 5. The molecule has 12 rings (SSSR count). The average Bonchev–Trinajstić information content (AvgIpc) is 3.96. The van der Waals surface area contributed by atoms with E-state index >= 15 is 0 Å². The van der Waals surface area contributed by atoms with Crippen molar-refractivity contribution in [2.24, 2.45) is 0 Å². The molecule has 0 saturated carbocycles. The lowest BCUT2D eigenvalue weighted by Gasteiger charge is -2.14. The molecule has 0 amide bonds. The summed E-state index contributed by atoms with van der Waals surface area (Å²) in [6, 6.07) is 56.2. The number of benzene rings is 7. The minimum Gasteiger partial charge on any atom is -0.456 e. The second-order valence-corrected chi connectivity index (χ2v) is 14.2. The van der Waals surface area contributed by atoms with Gasteiger partial charge in [0.15, 0.2) is 17.5 Å². The van der Waals surface area contributed by atoms with Gasteiger partial charge in [-0.2, -0.15) is 0 Å². The standard InChI is InChI=1S/C50H29N5O2/c1-2-16-38(33(13-1)37-18-10-22-45-47(37)39-17-5-8-21-43(39)56-45)50-53-48(52-49(54-50)31-23-24-36-40-29-51-26-25-44(40)57-46(36)28-31)30-11-9-12-32(27-30)55-41-19-6-3-14-34(41)35-15-4-7-20-42(35)55/h1-29H. The second kappa shape index (κ2) is 12.3. The van der Waals surface area contributed by atoms with Crippen LogP contribution in [0, 0.1) is 0 Å². The van der Waals surface area contributed by atoms with Crippen LogP contribution in [0.1, 0.15) is 0 Å². The molecule has 266 valence electrons. The number of furan rings is 2. The van der Waals surface area contributed by atoms with Crippen LogP contribution in [0.4, 0.5) is 0 Å². The summed E-state index contributed by atoms with van der Waals surface area (Å²) < 4.78 is 14.9. The van der Waals surface area contributed by atoms with Gasteiger partial charge < -0.3 is 13.4 Å². The molecule has 5 heterocycles. The maximum absolute atomic E-state index is 6.31. The molecule has 0 atom stereocenters. The zero-order valence-electron chi connectivity index (χ0n) is 30.3. The van der Waals surface area contributed by atoms with Gasteiger partial charge in [0, 0.05) is 67.1 Å². The molecule has 0 saturated heterocycles. The third-order valence-electron chi connectivity index (χ3n) is 11.0. The van der Waals surface area contributed by atoms with Crippen LogP contribution in [0.15, 0.2) is 185 Å². The van der Waals surface area contributed by atoms with Gasteiger partial charge in [0.25, 0.3) is 0 Å². The number of rotatable bonds is 5. The maximum Gasteiger partial charge on any atom is 0.164 e. The van der Waals surface area contributed by atoms with Gasteiger partial charge in [0.05, 0.1) is 11.0 Å². The first-order valence-corrected chi connectivity index (χ1v) is 18.9. The van der Waals surface area contributed by atoms with Gasteiger partial charge in [-0.1, -0.05) is 109 Å². The number of para-hydroxylation sites is 3. The molecule has 7 aromatic carbocycles. The summed E-state index contributed by atoms with van der Waals surface area (Å²) in [5.74, 6) is 1.67. The zero-order chi connectivity index (χ0) is 37.5. The van der Waals surface area contributed by atoms with Crippen molar-refractivity contribution < 1.29 is 8.83 Å². The minimum atomic E-state index is 0.541. The first-order valence-electron chi connectivity index (χ1n) is 18.9. The summed E-state index contributed by atoms with van der Waals surface area (Å²) in [6.07, 6.45) is 3.58. The Morgan fingerprint density at radius 2 is 1.00 bits per heavy atom. The highest BCUT2D eigenvalue weighted by molar-refractivity contribution is 6.14. The number of hydrogen-bond donors (Lipinski definition) is 0. The fourth-order valence-electron chi connectivity index (χ4n) is 8.41. The highest BCUT2D eigenvalue weighted by Gasteiger charge is 2.20. The van der Waals surface area contributed by atoms with Crippen LogP contribution < -0.4 is 0 Å². The van der Waals surface area contributed by atoms with E-state index in [0.29, 0.717) is 17.5 Å². The summed E-state index contributed by atoms with van der Waals surface area (Å²) in [5.41, 5.74) is 11.1. The van der Waals surface area contributed by atoms with Crippen molar-refractivity contribution in [2.45, 2.75) is 0 Å². The molecule has 7 heteroatoms. The van der Waals surface area contributed by atoms with Crippen molar-refractivity contribution in [2.75, 3.05) is 0 Å². The Balaban J connectivity index is 1.09. The maximum atomic E-state index is 6.31. The SMILES string of the molecule is c1cc(-c2nc(-c3ccc4c(c3)oc3ccncc34)nc(-c3ccccc3-c3cccc4oc5ccccc5c34)n2)cc(-n2c3ccccc3c3ccccc32)c1. The molecule has 0 aliphatic rings. The van der Waals surface area contributed by atoms with Crippen LogP contribution >= 0.6 is 0 Å². The van der Waals surface area contributed by atoms with Gasteiger partial charge >= 0.3 is 0 Å². The van der Waals surface area contributed by atoms with Crippen molar-refractivity contribution in [1.82, 2.24) is 24.5 Å². The number of fused-ring (bicyclic) bond motifs is 9. The van der Waals surface area contributed by atoms with E-state index in [1.807, 2.05) is 60.8 Å². The Morgan fingerprint density at radius 1 is 0.386 bits per heavy atom. The van der Waals surface area contributed by atoms with E-state index in [9.17, 15) is 0 Å². The van der Waals surface area contributed by atoms with E-state index in [1.54, 1.807) is 6.20 Å². The molecule has 0 radical (unpaired) electrons. The Hall–Kier alpha value is -7.90. The number of hydrogen-bond acceptors (Lipinski definition) is 6. The van der Waals surface area contributed by atoms with Crippen molar-refractivity contribution in [3.63, 3.8) is 0 Å². The van der Waals surface area contributed by atoms with Crippen LogP contribution in [-0.2, 0) is 0 Å². The molecular formula is C50H29N5O2. The first-order chi connectivity index (χ1) is 28.2. The van der Waals surface area contributed by atoms with Crippen molar-refractivity contribution in [1.29, 1.82) is 0 Å². The molecule has 0 fully saturated rings. The van der Waals surface area contributed by atoms with E-state index < -0.39 is 0 Å². The van der Waals surface area contributed by atoms with Crippen LogP contribution in [0.25, 0.3) is 117 Å². The quantitative estimate of drug-likeness (QED) is 0.175. The largest absolute Gasteiger partial charge is 0.456 e. The third-order valence-corrected chi connectivity index (χ3v) is 11.0. The van der Waals surface area contributed by atoms with Gasteiger partial charge in [-0.15, -0.1) is 0 Å². The van der Waals surface area contributed by atoms with Gasteiger partial charge in [-0.25, -0.2) is 15.0 Å². The predicted molar refractivity (Wildman–Crippen MR) is 228 cm³/mol. The molecule has 0 unspecified atom stereocenters. The number of pyridine rings is 1. The molecule has 0 spiro atoms. The van der Waals surface area contributed by atoms with Crippen molar-refractivity contribution in [3.8, 4) is 51.0 Å². The summed E-state index contributed by atoms with van der Waals surface area (Å²) >= 11 is 0. The predicted octanol–water partition coefficient (Wildman–Crippen LogP) is 12.8. The van der Waals surface area contributed by atoms with E-state index in [2.05, 4.69) is 119 Å². The van der Waals surface area contributed by atoms with Crippen LogP contribution in [0.3, 0.4) is 0 Å². The Labute approximate surface area is 325 Å². The lowest BCUT2D eigenvalue weighted by atomic mass is 9.95. The lowest BCUT2D eigenvalue weighted by molar-refractivity contribution is 0.668. The van der Waals surface area contributed by atoms with Gasteiger partial charge in [0.1, 0.15) is 22.3 Å². The van der Waals surface area contributed by atoms with Gasteiger partial charge in [-0.05, 0) is 65.7 Å². The fraction of sp³-hybridized carbons (Fsp3) is 0. The van der Waals surface area contributed by atoms with Crippen LogP contribution in [-0.4, -0.2) is 24.5 Å². The van der Waals surface area contributed by atoms with E-state index in [1.165, 1.54) is 10.8 Å². The molecule has 57 heavy (non-hydrogen) atoms. The summed E-state index contributed by atoms with van der Waals surface area (Å²) in [5, 5.41) is 6.48. The van der Waals surface area contributed by atoms with Crippen LogP contribution in [0.5, 0.6) is 0 Å². The van der Waals surface area contributed by atoms with Crippen molar-refractivity contribution >= 4 is 65.7 Å². The second-order valence-electron chi connectivity index (χ2n) is 14.2. The van der Waals surface area contributed by atoms with E-state index in [4.69, 9.17) is 23.8 Å². The highest BCUT2D eigenvalue weighted by Crippen LogP contribution is 2.41. The molecule has 0 bridgehead atoms. The molecule has 5 aromatic heterocycles. The van der Waals surface area contributed by atoms with Gasteiger partial charge in [-0.3, -0.25) is 4.98 Å². The molecule has 7 nitrogen and oxygen atoms in total. The zero-order valence-corrected chi connectivity index (χ0v) is 30.3. The van der Waals surface area contributed by atoms with Crippen LogP contribution in [0.2, 0.25) is 0 Å². The summed E-state index contributed by atoms with van der Waals surface area (Å²) in [7, 11) is 0. The topological polar surface area (TPSA) is 82.8 Å². The normalized spacial score (nSPS) is 11.9. The summed E-state index contributed by atoms with van der Waals surface area (Å²) in [6.45, 7) is 0. The fourth-order valence-corrected chi connectivity index (χ4v) is 8.41. The van der Waals surface area contributed by atoms with E-state index in [-0.39, 0.29) is 0 Å². The Kier molecular flexibility index (Phi) is 6.79.